The molecule has 1 aromatic rings. The van der Waals surface area contributed by atoms with Crippen LogP contribution in [0.1, 0.15) is 51.5 Å². The number of halogens is 1. The Bertz CT molecular complexity index is 371. The van der Waals surface area contributed by atoms with E-state index in [2.05, 4.69) is 27.2 Å². The molecule has 1 unspecified atom stereocenters. The molecule has 1 aliphatic carbocycles. The van der Waals surface area contributed by atoms with Crippen molar-refractivity contribution in [1.82, 2.24) is 0 Å². The van der Waals surface area contributed by atoms with Crippen molar-refractivity contribution in [2.75, 3.05) is 0 Å². The molecule has 0 spiro atoms. The highest BCUT2D eigenvalue weighted by Gasteiger charge is 2.31. The van der Waals surface area contributed by atoms with Crippen LogP contribution in [0.3, 0.4) is 0 Å². The fraction of sp³-hybridized carbons (Fsp3) is 0.600. The first-order valence-corrected chi connectivity index (χ1v) is 6.76. The second-order valence-corrected chi connectivity index (χ2v) is 5.49. The lowest BCUT2D eigenvalue weighted by Gasteiger charge is -2.31. The predicted molar refractivity (Wildman–Crippen MR) is 72.0 cm³/mol. The van der Waals surface area contributed by atoms with Crippen molar-refractivity contribution in [2.24, 2.45) is 0 Å². The number of rotatable bonds is 4. The van der Waals surface area contributed by atoms with E-state index in [-0.39, 0.29) is 11.1 Å². The van der Waals surface area contributed by atoms with Crippen molar-refractivity contribution >= 4 is 7.28 Å². The average molecular weight is 231 g/mol. The van der Waals surface area contributed by atoms with Crippen molar-refractivity contribution in [2.45, 2.75) is 57.1 Å². The standard InChI is InChI=1S/C15H21BF/c1-3-15(2,16-13-8-4-5-9-13)12-7-6-10-14(17)11-12/h6-7,10-11,13H,3-5,8-9H2,1-2H3. The van der Waals surface area contributed by atoms with Gasteiger partial charge in [0, 0.05) is 0 Å². The molecule has 1 fully saturated rings. The van der Waals surface area contributed by atoms with Crippen LogP contribution in [-0.4, -0.2) is 7.28 Å². The van der Waals surface area contributed by atoms with Crippen LogP contribution in [0.15, 0.2) is 24.3 Å². The molecule has 1 radical (unpaired) electrons. The van der Waals surface area contributed by atoms with Gasteiger partial charge in [-0.05, 0) is 23.0 Å². The Morgan fingerprint density at radius 2 is 2.06 bits per heavy atom. The SMILES string of the molecule is CCC(C)([B]C1CCCC1)c1cccc(F)c1. The van der Waals surface area contributed by atoms with Gasteiger partial charge >= 0.3 is 0 Å². The number of hydrogen-bond acceptors (Lipinski definition) is 0. The monoisotopic (exact) mass is 231 g/mol. The molecule has 0 N–H and O–H groups in total. The molecule has 1 saturated carbocycles. The second kappa shape index (κ2) is 5.24. The van der Waals surface area contributed by atoms with Gasteiger partial charge in [0.05, 0.1) is 0 Å². The fourth-order valence-electron chi connectivity index (χ4n) is 2.91. The van der Waals surface area contributed by atoms with E-state index in [1.165, 1.54) is 31.7 Å². The Labute approximate surface area is 105 Å². The molecular formula is C15H21BF. The number of hydrogen-bond donors (Lipinski definition) is 0. The highest BCUT2D eigenvalue weighted by atomic mass is 19.1. The van der Waals surface area contributed by atoms with Gasteiger partial charge in [-0.15, -0.1) is 0 Å². The van der Waals surface area contributed by atoms with E-state index in [0.29, 0.717) is 0 Å². The molecule has 91 valence electrons. The molecule has 0 aromatic heterocycles. The minimum atomic E-state index is -0.123. The molecular weight excluding hydrogens is 210 g/mol. The zero-order chi connectivity index (χ0) is 12.3. The Hall–Kier alpha value is -0.785. The third-order valence-corrected chi connectivity index (χ3v) is 4.22. The van der Waals surface area contributed by atoms with Crippen LogP contribution in [-0.2, 0) is 5.31 Å². The lowest BCUT2D eigenvalue weighted by atomic mass is 9.43. The van der Waals surface area contributed by atoms with Crippen LogP contribution in [0.2, 0.25) is 5.82 Å². The maximum atomic E-state index is 13.3. The zero-order valence-electron chi connectivity index (χ0n) is 10.9. The Morgan fingerprint density at radius 1 is 1.35 bits per heavy atom. The Kier molecular flexibility index (Phi) is 3.91. The molecule has 17 heavy (non-hydrogen) atoms. The summed E-state index contributed by atoms with van der Waals surface area (Å²) in [6.07, 6.45) is 6.36. The summed E-state index contributed by atoms with van der Waals surface area (Å²) in [6, 6.07) is 7.09. The van der Waals surface area contributed by atoms with Crippen molar-refractivity contribution < 1.29 is 4.39 Å². The average Bonchev–Trinajstić information content (AvgIpc) is 2.81. The summed E-state index contributed by atoms with van der Waals surface area (Å²) in [7, 11) is 2.47. The van der Waals surface area contributed by atoms with Crippen molar-refractivity contribution in [3.8, 4) is 0 Å². The summed E-state index contributed by atoms with van der Waals surface area (Å²) in [5, 5.41) is 0.0249. The fourth-order valence-corrected chi connectivity index (χ4v) is 2.91. The lowest BCUT2D eigenvalue weighted by Crippen LogP contribution is -2.31. The quantitative estimate of drug-likeness (QED) is 0.668. The lowest BCUT2D eigenvalue weighted by molar-refractivity contribution is 0.594. The highest BCUT2D eigenvalue weighted by Crippen LogP contribution is 2.37. The second-order valence-electron chi connectivity index (χ2n) is 5.49. The van der Waals surface area contributed by atoms with Gasteiger partial charge in [0.15, 0.2) is 0 Å². The van der Waals surface area contributed by atoms with E-state index < -0.39 is 0 Å². The van der Waals surface area contributed by atoms with E-state index in [0.717, 1.165) is 17.8 Å². The maximum Gasteiger partial charge on any atom is 0.127 e. The molecule has 1 aromatic carbocycles. The topological polar surface area (TPSA) is 0 Å². The van der Waals surface area contributed by atoms with Gasteiger partial charge in [0.25, 0.3) is 0 Å². The third-order valence-electron chi connectivity index (χ3n) is 4.22. The van der Waals surface area contributed by atoms with Gasteiger partial charge in [0.2, 0.25) is 0 Å². The van der Waals surface area contributed by atoms with Crippen LogP contribution in [0.4, 0.5) is 4.39 Å². The summed E-state index contributed by atoms with van der Waals surface area (Å²) in [4.78, 5) is 0. The van der Waals surface area contributed by atoms with Crippen molar-refractivity contribution in [1.29, 1.82) is 0 Å². The van der Waals surface area contributed by atoms with E-state index in [9.17, 15) is 4.39 Å². The van der Waals surface area contributed by atoms with Crippen LogP contribution < -0.4 is 0 Å². The van der Waals surface area contributed by atoms with E-state index in [1.807, 2.05) is 6.07 Å². The molecule has 1 atom stereocenters. The summed E-state index contributed by atoms with van der Waals surface area (Å²) < 4.78 is 13.3. The summed E-state index contributed by atoms with van der Waals surface area (Å²) in [5.41, 5.74) is 1.12. The summed E-state index contributed by atoms with van der Waals surface area (Å²) in [6.45, 7) is 4.43. The minimum Gasteiger partial charge on any atom is -0.207 e. The summed E-state index contributed by atoms with van der Waals surface area (Å²) >= 11 is 0. The van der Waals surface area contributed by atoms with E-state index in [4.69, 9.17) is 0 Å². The van der Waals surface area contributed by atoms with Crippen LogP contribution in [0.5, 0.6) is 0 Å². The van der Waals surface area contributed by atoms with Gasteiger partial charge < -0.3 is 0 Å². The Balaban J connectivity index is 2.17. The first-order valence-electron chi connectivity index (χ1n) is 6.76. The predicted octanol–water partition coefficient (Wildman–Crippen LogP) is 4.52. The van der Waals surface area contributed by atoms with Crippen molar-refractivity contribution in [3.63, 3.8) is 0 Å². The highest BCUT2D eigenvalue weighted by molar-refractivity contribution is 6.42. The van der Waals surface area contributed by atoms with Crippen LogP contribution >= 0.6 is 0 Å². The molecule has 1 aliphatic rings. The minimum absolute atomic E-state index is 0.0249. The molecule has 0 bridgehead atoms. The van der Waals surface area contributed by atoms with Gasteiger partial charge in [-0.3, -0.25) is 0 Å². The molecule has 0 saturated heterocycles. The van der Waals surface area contributed by atoms with E-state index in [1.54, 1.807) is 6.07 Å². The molecule has 0 nitrogen and oxygen atoms in total. The first-order chi connectivity index (χ1) is 8.14. The third kappa shape index (κ3) is 2.91. The zero-order valence-corrected chi connectivity index (χ0v) is 10.9. The molecule has 2 rings (SSSR count). The van der Waals surface area contributed by atoms with Gasteiger partial charge in [-0.1, -0.05) is 63.9 Å². The first kappa shape index (κ1) is 12.7. The van der Waals surface area contributed by atoms with Crippen LogP contribution in [0.25, 0.3) is 0 Å². The largest absolute Gasteiger partial charge is 0.207 e. The Morgan fingerprint density at radius 3 is 2.65 bits per heavy atom. The van der Waals surface area contributed by atoms with Gasteiger partial charge in [-0.2, -0.15) is 0 Å². The van der Waals surface area contributed by atoms with E-state index >= 15 is 0 Å². The maximum absolute atomic E-state index is 13.3. The van der Waals surface area contributed by atoms with Crippen molar-refractivity contribution in [3.05, 3.63) is 35.6 Å². The number of benzene rings is 1. The van der Waals surface area contributed by atoms with Gasteiger partial charge in [-0.25, -0.2) is 4.39 Å². The molecule has 2 heteroatoms. The van der Waals surface area contributed by atoms with Crippen LogP contribution in [0, 0.1) is 5.82 Å². The smallest absolute Gasteiger partial charge is 0.127 e. The van der Waals surface area contributed by atoms with Gasteiger partial charge in [0.1, 0.15) is 13.1 Å². The molecule has 0 aliphatic heterocycles. The summed E-state index contributed by atoms with van der Waals surface area (Å²) in [5.74, 6) is 0.602. The molecule has 0 amide bonds. The normalized spacial score (nSPS) is 20.2. The molecule has 0 heterocycles.